The molecule has 0 spiro atoms. The van der Waals surface area contributed by atoms with Crippen molar-refractivity contribution in [2.45, 2.75) is 155 Å². The van der Waals surface area contributed by atoms with Crippen molar-refractivity contribution in [3.63, 3.8) is 0 Å². The molecule has 0 rings (SSSR count). The van der Waals surface area contributed by atoms with Crippen LogP contribution < -0.4 is 0 Å². The summed E-state index contributed by atoms with van der Waals surface area (Å²) in [5, 5.41) is 20.6. The van der Waals surface area contributed by atoms with Gasteiger partial charge in [0, 0.05) is 21.2 Å². The van der Waals surface area contributed by atoms with Crippen molar-refractivity contribution in [1.29, 1.82) is 0 Å². The third-order valence-corrected chi connectivity index (χ3v) is 8.07. The van der Waals surface area contributed by atoms with E-state index in [-0.39, 0.29) is 11.1 Å². The van der Waals surface area contributed by atoms with Crippen LogP contribution in [-0.4, -0.2) is 32.4 Å². The van der Waals surface area contributed by atoms with Gasteiger partial charge in [-0.05, 0) is 32.1 Å². The molecule has 5 heteroatoms. The number of carbonyl (C=O) groups is 2. The molecule has 0 saturated heterocycles. The van der Waals surface area contributed by atoms with Crippen molar-refractivity contribution in [3.8, 4) is 0 Å². The smallest absolute Gasteiger partial charge is 0.332 e. The molecule has 0 heterocycles. The zero-order valence-electron chi connectivity index (χ0n) is 23.1. The molecule has 4 nitrogen and oxygen atoms in total. The molecule has 0 aromatic carbocycles. The predicted octanol–water partition coefficient (Wildman–Crippen LogP) is 8.08. The molecule has 0 atom stereocenters. The van der Waals surface area contributed by atoms with Crippen LogP contribution in [0.3, 0.4) is 0 Å². The fraction of sp³-hybridized carbons (Fsp3) is 0.862. The average Bonchev–Trinajstić information content (AvgIpc) is 2.80. The minimum atomic E-state index is -1.02. The summed E-state index contributed by atoms with van der Waals surface area (Å²) < 4.78 is 0. The van der Waals surface area contributed by atoms with Crippen LogP contribution >= 0.6 is 0 Å². The van der Waals surface area contributed by atoms with E-state index in [4.69, 9.17) is 0 Å². The van der Waals surface area contributed by atoms with E-state index >= 15 is 0 Å². The van der Waals surface area contributed by atoms with Crippen molar-refractivity contribution in [1.82, 2.24) is 0 Å². The topological polar surface area (TPSA) is 74.6 Å². The van der Waals surface area contributed by atoms with Crippen molar-refractivity contribution >= 4 is 22.2 Å². The van der Waals surface area contributed by atoms with Gasteiger partial charge in [0.05, 0.1) is 5.57 Å². The second-order valence-corrected chi connectivity index (χ2v) is 11.3. The van der Waals surface area contributed by atoms with E-state index in [0.717, 1.165) is 109 Å². The Kier molecular flexibility index (Phi) is 20.5. The number of unbranched alkanes of at least 4 members (excludes halogenated alkanes) is 12. The highest BCUT2D eigenvalue weighted by molar-refractivity contribution is 6.08. The molecule has 2 N–H and O–H groups in total. The lowest BCUT2D eigenvalue weighted by molar-refractivity contribution is -0.137. The van der Waals surface area contributed by atoms with Crippen LogP contribution in [0.4, 0.5) is 0 Å². The summed E-state index contributed by atoms with van der Waals surface area (Å²) in [4.78, 5) is 25.2. The van der Waals surface area contributed by atoms with Gasteiger partial charge in [-0.2, -0.15) is 0 Å². The first-order valence-electron chi connectivity index (χ1n) is 14.6. The van der Waals surface area contributed by atoms with Crippen molar-refractivity contribution < 1.29 is 19.8 Å². The van der Waals surface area contributed by atoms with Crippen molar-refractivity contribution in [3.05, 3.63) is 11.1 Å². The maximum absolute atomic E-state index is 12.8. The number of aliphatic carboxylic acids is 2. The first-order chi connectivity index (χ1) is 16.4. The van der Waals surface area contributed by atoms with Crippen molar-refractivity contribution in [2.24, 2.45) is 5.41 Å². The number of carboxylic acid groups (broad SMARTS) is 2. The number of rotatable bonds is 24. The van der Waals surface area contributed by atoms with Crippen LogP contribution in [0.15, 0.2) is 11.1 Å². The first kappa shape index (κ1) is 32.9. The summed E-state index contributed by atoms with van der Waals surface area (Å²) in [6.45, 7) is 6.51. The van der Waals surface area contributed by atoms with Crippen LogP contribution in [0.5, 0.6) is 0 Å². The Morgan fingerprint density at radius 3 is 1.38 bits per heavy atom. The Balaban J connectivity index is 6.19. The zero-order valence-corrected chi connectivity index (χ0v) is 25.1. The normalized spacial score (nSPS) is 12.7. The average molecular weight is 497 g/mol. The predicted molar refractivity (Wildman–Crippen MR) is 149 cm³/mol. The van der Waals surface area contributed by atoms with E-state index in [1.165, 1.54) is 29.1 Å². The third-order valence-electron chi connectivity index (χ3n) is 7.36. The molecule has 0 aliphatic heterocycles. The van der Waals surface area contributed by atoms with E-state index in [1.807, 2.05) is 0 Å². The summed E-state index contributed by atoms with van der Waals surface area (Å²) >= 11 is 0. The maximum atomic E-state index is 12.8. The fourth-order valence-electron chi connectivity index (χ4n) is 5.34. The SMILES string of the molecule is CCCCCCC(C(=O)O)=C(C(=O)O)C(CCCCCC)(CCCCCC)CCCCCC[SiH3]. The fourth-order valence-corrected chi connectivity index (χ4v) is 5.84. The molecular formula is C29H56O4Si. The second kappa shape index (κ2) is 21.2. The van der Waals surface area contributed by atoms with Crippen LogP contribution in [-0.2, 0) is 9.59 Å². The van der Waals surface area contributed by atoms with Gasteiger partial charge in [-0.15, -0.1) is 0 Å². The van der Waals surface area contributed by atoms with E-state index in [9.17, 15) is 19.8 Å². The highest BCUT2D eigenvalue weighted by atomic mass is 28.1. The highest BCUT2D eigenvalue weighted by Crippen LogP contribution is 2.46. The number of hydrogen-bond acceptors (Lipinski definition) is 2. The molecule has 0 bridgehead atoms. The molecule has 0 aliphatic carbocycles. The molecule has 0 amide bonds. The van der Waals surface area contributed by atoms with E-state index < -0.39 is 17.4 Å². The Bertz CT molecular complexity index is 558. The number of hydrogen-bond donors (Lipinski definition) is 2. The molecular weight excluding hydrogens is 440 g/mol. The van der Waals surface area contributed by atoms with Crippen molar-refractivity contribution in [2.75, 3.05) is 0 Å². The van der Waals surface area contributed by atoms with E-state index in [1.54, 1.807) is 0 Å². The lowest BCUT2D eigenvalue weighted by Crippen LogP contribution is -2.31. The summed E-state index contributed by atoms with van der Waals surface area (Å²) in [7, 11) is 1.24. The van der Waals surface area contributed by atoms with Gasteiger partial charge in [0.25, 0.3) is 0 Å². The van der Waals surface area contributed by atoms with Gasteiger partial charge in [0.15, 0.2) is 0 Å². The van der Waals surface area contributed by atoms with Gasteiger partial charge >= 0.3 is 11.9 Å². The molecule has 0 radical (unpaired) electrons. The maximum Gasteiger partial charge on any atom is 0.332 e. The summed E-state index contributed by atoms with van der Waals surface area (Å²) in [5.41, 5.74) is -0.0613. The summed E-state index contributed by atoms with van der Waals surface area (Å²) in [6.07, 6.45) is 20.1. The van der Waals surface area contributed by atoms with Crippen LogP contribution in [0.25, 0.3) is 0 Å². The minimum absolute atomic E-state index is 0.189. The van der Waals surface area contributed by atoms with Gasteiger partial charge in [0.1, 0.15) is 0 Å². The lowest BCUT2D eigenvalue weighted by atomic mass is 9.67. The highest BCUT2D eigenvalue weighted by Gasteiger charge is 2.40. The molecule has 0 aliphatic rings. The van der Waals surface area contributed by atoms with Gasteiger partial charge < -0.3 is 10.2 Å². The minimum Gasteiger partial charge on any atom is -0.478 e. The molecule has 34 heavy (non-hydrogen) atoms. The molecule has 0 fully saturated rings. The van der Waals surface area contributed by atoms with E-state index in [0.29, 0.717) is 6.42 Å². The Morgan fingerprint density at radius 2 is 1.00 bits per heavy atom. The molecule has 0 unspecified atom stereocenters. The van der Waals surface area contributed by atoms with Gasteiger partial charge in [-0.3, -0.25) is 0 Å². The van der Waals surface area contributed by atoms with Crippen LogP contribution in [0.1, 0.15) is 149 Å². The van der Waals surface area contributed by atoms with E-state index in [2.05, 4.69) is 20.8 Å². The molecule has 0 aromatic rings. The second-order valence-electron chi connectivity index (χ2n) is 10.3. The van der Waals surface area contributed by atoms with Gasteiger partial charge in [0.2, 0.25) is 0 Å². The third kappa shape index (κ3) is 13.7. The summed E-state index contributed by atoms with van der Waals surface area (Å²) in [6, 6.07) is 1.32. The van der Waals surface area contributed by atoms with Crippen LogP contribution in [0, 0.1) is 5.41 Å². The monoisotopic (exact) mass is 496 g/mol. The lowest BCUT2D eigenvalue weighted by Gasteiger charge is -2.37. The standard InChI is InChI=1S/C29H56O4Si/c1-4-7-10-15-20-25(27(30)31)26(28(32)33)29(21-16-11-8-5-2,22-17-12-9-6-3)23-18-13-14-19-24-34/h4-24H2,1-3,34H3,(H,30,31)(H,32,33). The number of carboxylic acids is 2. The molecule has 0 saturated carbocycles. The Morgan fingerprint density at radius 1 is 0.588 bits per heavy atom. The van der Waals surface area contributed by atoms with Gasteiger partial charge in [-0.1, -0.05) is 123 Å². The largest absolute Gasteiger partial charge is 0.478 e. The Labute approximate surface area is 213 Å². The molecule has 0 aromatic heterocycles. The molecule has 200 valence electrons. The quantitative estimate of drug-likeness (QED) is 0.0804. The first-order valence-corrected chi connectivity index (χ1v) is 16.0. The Hall–Kier alpha value is -1.10. The summed E-state index contributed by atoms with van der Waals surface area (Å²) in [5.74, 6) is -2.00. The van der Waals surface area contributed by atoms with Gasteiger partial charge in [-0.25, -0.2) is 9.59 Å². The van der Waals surface area contributed by atoms with Crippen LogP contribution in [0.2, 0.25) is 6.04 Å². The zero-order chi connectivity index (χ0) is 25.7.